The summed E-state index contributed by atoms with van der Waals surface area (Å²) in [5, 5.41) is 6.54. The minimum Gasteiger partial charge on any atom is -0.353 e. The van der Waals surface area contributed by atoms with Gasteiger partial charge in [0.15, 0.2) is 0 Å². The summed E-state index contributed by atoms with van der Waals surface area (Å²) < 4.78 is 0. The molecule has 1 aliphatic carbocycles. The van der Waals surface area contributed by atoms with Crippen molar-refractivity contribution in [1.29, 1.82) is 0 Å². The Balaban J connectivity index is 1.80. The van der Waals surface area contributed by atoms with Gasteiger partial charge in [-0.1, -0.05) is 26.2 Å². The molecule has 1 amide bonds. The van der Waals surface area contributed by atoms with Gasteiger partial charge in [-0.15, -0.1) is 0 Å². The van der Waals surface area contributed by atoms with Crippen LogP contribution in [0, 0.1) is 17.8 Å². The average molecular weight is 238 g/mol. The van der Waals surface area contributed by atoms with Gasteiger partial charge in [-0.25, -0.2) is 0 Å². The van der Waals surface area contributed by atoms with Crippen LogP contribution in [0.1, 0.15) is 46.0 Å². The first-order valence-corrected chi connectivity index (χ1v) is 7.19. The van der Waals surface area contributed by atoms with E-state index in [1.54, 1.807) is 0 Å². The average Bonchev–Trinajstić information content (AvgIpc) is 2.76. The largest absolute Gasteiger partial charge is 0.353 e. The van der Waals surface area contributed by atoms with Crippen LogP contribution >= 0.6 is 0 Å². The molecule has 2 fully saturated rings. The molecule has 2 rings (SSSR count). The van der Waals surface area contributed by atoms with Crippen LogP contribution in [0.5, 0.6) is 0 Å². The Kier molecular flexibility index (Phi) is 4.43. The summed E-state index contributed by atoms with van der Waals surface area (Å²) in [5.74, 6) is 1.63. The van der Waals surface area contributed by atoms with Crippen LogP contribution in [0.2, 0.25) is 0 Å². The van der Waals surface area contributed by atoms with Crippen LogP contribution in [-0.2, 0) is 4.79 Å². The zero-order valence-corrected chi connectivity index (χ0v) is 11.2. The van der Waals surface area contributed by atoms with E-state index in [0.717, 1.165) is 13.1 Å². The van der Waals surface area contributed by atoms with Gasteiger partial charge in [-0.3, -0.25) is 4.79 Å². The first-order chi connectivity index (χ1) is 8.18. The van der Waals surface area contributed by atoms with Gasteiger partial charge in [0.25, 0.3) is 0 Å². The summed E-state index contributed by atoms with van der Waals surface area (Å²) >= 11 is 0. The van der Waals surface area contributed by atoms with Crippen molar-refractivity contribution >= 4 is 5.91 Å². The molecule has 3 heteroatoms. The van der Waals surface area contributed by atoms with Gasteiger partial charge < -0.3 is 10.6 Å². The molecule has 3 atom stereocenters. The highest BCUT2D eigenvalue weighted by Gasteiger charge is 2.31. The molecule has 98 valence electrons. The Hall–Kier alpha value is -0.570. The van der Waals surface area contributed by atoms with Crippen molar-refractivity contribution in [2.24, 2.45) is 17.8 Å². The highest BCUT2D eigenvalue weighted by atomic mass is 16.2. The third kappa shape index (κ3) is 3.21. The van der Waals surface area contributed by atoms with Crippen molar-refractivity contribution in [3.05, 3.63) is 0 Å². The molecule has 0 spiro atoms. The summed E-state index contributed by atoms with van der Waals surface area (Å²) in [6, 6.07) is 0.357. The van der Waals surface area contributed by atoms with Gasteiger partial charge in [0.1, 0.15) is 0 Å². The van der Waals surface area contributed by atoms with Crippen LogP contribution in [0.15, 0.2) is 0 Å². The third-order valence-corrected chi connectivity index (χ3v) is 4.58. The van der Waals surface area contributed by atoms with Gasteiger partial charge in [0.2, 0.25) is 5.91 Å². The minimum absolute atomic E-state index is 0.182. The monoisotopic (exact) mass is 238 g/mol. The third-order valence-electron chi connectivity index (χ3n) is 4.58. The Morgan fingerprint density at radius 3 is 2.53 bits per heavy atom. The molecule has 2 aliphatic rings. The summed E-state index contributed by atoms with van der Waals surface area (Å²) in [7, 11) is 0. The molecule has 0 bridgehead atoms. The van der Waals surface area contributed by atoms with Crippen molar-refractivity contribution in [2.45, 2.75) is 52.0 Å². The van der Waals surface area contributed by atoms with Gasteiger partial charge in [-0.05, 0) is 38.1 Å². The maximum atomic E-state index is 12.2. The number of hydrogen-bond donors (Lipinski definition) is 2. The first-order valence-electron chi connectivity index (χ1n) is 7.19. The van der Waals surface area contributed by atoms with Gasteiger partial charge >= 0.3 is 0 Å². The molecule has 0 aromatic rings. The number of carbonyl (C=O) groups excluding carboxylic acids is 1. The van der Waals surface area contributed by atoms with E-state index in [2.05, 4.69) is 24.5 Å². The molecule has 17 heavy (non-hydrogen) atoms. The fourth-order valence-corrected chi connectivity index (χ4v) is 3.24. The van der Waals surface area contributed by atoms with Crippen LogP contribution < -0.4 is 10.6 Å². The van der Waals surface area contributed by atoms with Crippen molar-refractivity contribution in [3.63, 3.8) is 0 Å². The maximum Gasteiger partial charge on any atom is 0.224 e. The van der Waals surface area contributed by atoms with Crippen molar-refractivity contribution < 1.29 is 4.79 Å². The fourth-order valence-electron chi connectivity index (χ4n) is 3.24. The SMILES string of the molecule is CC(NC(=O)[C@@H]1CNC[C@H]1C)C1CCCCC1. The van der Waals surface area contributed by atoms with E-state index < -0.39 is 0 Å². The number of rotatable bonds is 3. The molecule has 2 N–H and O–H groups in total. The van der Waals surface area contributed by atoms with Crippen LogP contribution in [-0.4, -0.2) is 25.0 Å². The zero-order valence-electron chi connectivity index (χ0n) is 11.2. The lowest BCUT2D eigenvalue weighted by Crippen LogP contribution is -2.43. The molecular formula is C14H26N2O. The number of amides is 1. The fraction of sp³-hybridized carbons (Fsp3) is 0.929. The smallest absolute Gasteiger partial charge is 0.224 e. The number of hydrogen-bond acceptors (Lipinski definition) is 2. The normalized spacial score (nSPS) is 32.4. The van der Waals surface area contributed by atoms with E-state index in [1.165, 1.54) is 32.1 Å². The number of nitrogens with one attached hydrogen (secondary N) is 2. The predicted octanol–water partition coefficient (Wildman–Crippen LogP) is 1.93. The Labute approximate surface area is 105 Å². The quantitative estimate of drug-likeness (QED) is 0.789. The number of carbonyl (C=O) groups is 1. The molecule has 0 aromatic carbocycles. The second kappa shape index (κ2) is 5.85. The van der Waals surface area contributed by atoms with Gasteiger partial charge in [0.05, 0.1) is 5.92 Å². The maximum absolute atomic E-state index is 12.2. The van der Waals surface area contributed by atoms with E-state index >= 15 is 0 Å². The summed E-state index contributed by atoms with van der Waals surface area (Å²) in [4.78, 5) is 12.2. The second-order valence-corrected chi connectivity index (χ2v) is 5.94. The minimum atomic E-state index is 0.182. The van der Waals surface area contributed by atoms with E-state index in [0.29, 0.717) is 17.9 Å². The Morgan fingerprint density at radius 1 is 1.24 bits per heavy atom. The molecular weight excluding hydrogens is 212 g/mol. The predicted molar refractivity (Wildman–Crippen MR) is 69.7 cm³/mol. The van der Waals surface area contributed by atoms with Crippen LogP contribution in [0.25, 0.3) is 0 Å². The van der Waals surface area contributed by atoms with Gasteiger partial charge in [-0.2, -0.15) is 0 Å². The molecule has 0 radical (unpaired) electrons. The topological polar surface area (TPSA) is 41.1 Å². The standard InChI is InChI=1S/C14H26N2O/c1-10-8-15-9-13(10)14(17)16-11(2)12-6-4-3-5-7-12/h10-13,15H,3-9H2,1-2H3,(H,16,17)/t10-,11?,13-/m1/s1. The van der Waals surface area contributed by atoms with Crippen molar-refractivity contribution in [2.75, 3.05) is 13.1 Å². The van der Waals surface area contributed by atoms with Crippen molar-refractivity contribution in [1.82, 2.24) is 10.6 Å². The Bertz CT molecular complexity index is 261. The lowest BCUT2D eigenvalue weighted by atomic mass is 9.84. The highest BCUT2D eigenvalue weighted by molar-refractivity contribution is 5.79. The highest BCUT2D eigenvalue weighted by Crippen LogP contribution is 2.26. The Morgan fingerprint density at radius 2 is 1.94 bits per heavy atom. The molecule has 0 aromatic heterocycles. The lowest BCUT2D eigenvalue weighted by Gasteiger charge is -2.29. The summed E-state index contributed by atoms with van der Waals surface area (Å²) in [6.07, 6.45) is 6.64. The van der Waals surface area contributed by atoms with E-state index in [9.17, 15) is 4.79 Å². The zero-order chi connectivity index (χ0) is 12.3. The van der Waals surface area contributed by atoms with E-state index in [1.807, 2.05) is 0 Å². The second-order valence-electron chi connectivity index (χ2n) is 5.94. The summed E-state index contributed by atoms with van der Waals surface area (Å²) in [5.41, 5.74) is 0. The van der Waals surface area contributed by atoms with Crippen molar-refractivity contribution in [3.8, 4) is 0 Å². The van der Waals surface area contributed by atoms with Gasteiger partial charge in [0, 0.05) is 12.6 Å². The first kappa shape index (κ1) is 12.9. The van der Waals surface area contributed by atoms with E-state index in [4.69, 9.17) is 0 Å². The molecule has 1 aliphatic heterocycles. The van der Waals surface area contributed by atoms with Crippen LogP contribution in [0.3, 0.4) is 0 Å². The van der Waals surface area contributed by atoms with E-state index in [-0.39, 0.29) is 11.8 Å². The molecule has 1 heterocycles. The molecule has 1 saturated carbocycles. The van der Waals surface area contributed by atoms with Crippen LogP contribution in [0.4, 0.5) is 0 Å². The molecule has 1 unspecified atom stereocenters. The lowest BCUT2D eigenvalue weighted by molar-refractivity contribution is -0.126. The molecule has 1 saturated heterocycles. The summed E-state index contributed by atoms with van der Waals surface area (Å²) in [6.45, 7) is 6.18. The molecule has 3 nitrogen and oxygen atoms in total.